The zero-order chi connectivity index (χ0) is 11.5. The van der Waals surface area contributed by atoms with Crippen LogP contribution in [0.3, 0.4) is 0 Å². The van der Waals surface area contributed by atoms with Crippen molar-refractivity contribution in [2.75, 3.05) is 0 Å². The van der Waals surface area contributed by atoms with Gasteiger partial charge in [-0.25, -0.2) is 0 Å². The van der Waals surface area contributed by atoms with Crippen molar-refractivity contribution in [3.8, 4) is 0 Å². The average molecular weight is 238 g/mol. The fourth-order valence-corrected chi connectivity index (χ4v) is 1.95. The van der Waals surface area contributed by atoms with Crippen molar-refractivity contribution in [2.24, 2.45) is 5.92 Å². The maximum atomic E-state index is 5.84. The quantitative estimate of drug-likeness (QED) is 0.747. The molecule has 0 saturated carbocycles. The molecule has 0 atom stereocenters. The van der Waals surface area contributed by atoms with E-state index in [2.05, 4.69) is 24.9 Å². The predicted molar refractivity (Wildman–Crippen MR) is 66.7 cm³/mol. The smallest absolute Gasteiger partial charge is 0.137 e. The highest BCUT2D eigenvalue weighted by Gasteiger charge is 2.08. The van der Waals surface area contributed by atoms with Crippen LogP contribution < -0.4 is 0 Å². The molecule has 0 aliphatic carbocycles. The summed E-state index contributed by atoms with van der Waals surface area (Å²) in [6, 6.07) is 3.96. The van der Waals surface area contributed by atoms with E-state index in [4.69, 9.17) is 16.0 Å². The zero-order valence-corrected chi connectivity index (χ0v) is 10.4. The average Bonchev–Trinajstić information content (AvgIpc) is 2.68. The van der Waals surface area contributed by atoms with Crippen LogP contribution in [0.5, 0.6) is 0 Å². The molecule has 0 amide bonds. The maximum absolute atomic E-state index is 5.84. The predicted octanol–water partition coefficient (Wildman–Crippen LogP) is 4.16. The Hall–Kier alpha value is -1.02. The molecule has 16 heavy (non-hydrogen) atoms. The van der Waals surface area contributed by atoms with Crippen LogP contribution in [0.25, 0.3) is 11.0 Å². The molecule has 0 aliphatic heterocycles. The van der Waals surface area contributed by atoms with Crippen LogP contribution in [-0.2, 0) is 12.3 Å². The number of hydrogen-bond acceptors (Lipinski definition) is 2. The van der Waals surface area contributed by atoms with E-state index in [9.17, 15) is 0 Å². The molecule has 0 fully saturated rings. The minimum absolute atomic E-state index is 0.431. The normalized spacial score (nSPS) is 11.5. The highest BCUT2D eigenvalue weighted by atomic mass is 35.5. The molecular weight excluding hydrogens is 222 g/mol. The SMILES string of the molecule is CC(C)CCc1cc2c(CCl)nccc2o1. The standard InChI is InChI=1S/C13H16ClNO/c1-9(2)3-4-10-7-11-12(8-14)15-6-5-13(11)16-10/h5-7,9H,3-4,8H2,1-2H3. The number of pyridine rings is 1. The van der Waals surface area contributed by atoms with Crippen molar-refractivity contribution in [1.29, 1.82) is 0 Å². The van der Waals surface area contributed by atoms with Crippen LogP contribution in [0, 0.1) is 5.92 Å². The first-order chi connectivity index (χ1) is 7.70. The number of rotatable bonds is 4. The molecule has 0 radical (unpaired) electrons. The van der Waals surface area contributed by atoms with Gasteiger partial charge in [-0.15, -0.1) is 11.6 Å². The number of alkyl halides is 1. The third-order valence-electron chi connectivity index (χ3n) is 2.67. The molecule has 0 spiro atoms. The van der Waals surface area contributed by atoms with Gasteiger partial charge in [0.2, 0.25) is 0 Å². The van der Waals surface area contributed by atoms with Crippen LogP contribution in [-0.4, -0.2) is 4.98 Å². The molecule has 0 aromatic carbocycles. The molecule has 2 aromatic heterocycles. The number of aromatic nitrogens is 1. The van der Waals surface area contributed by atoms with Gasteiger partial charge in [0.05, 0.1) is 11.6 Å². The Labute approximate surface area is 101 Å². The van der Waals surface area contributed by atoms with Crippen molar-refractivity contribution in [3.05, 3.63) is 29.8 Å². The lowest BCUT2D eigenvalue weighted by Crippen LogP contribution is -1.89. The molecular formula is C13H16ClNO. The van der Waals surface area contributed by atoms with Crippen molar-refractivity contribution in [3.63, 3.8) is 0 Å². The first-order valence-electron chi connectivity index (χ1n) is 5.63. The van der Waals surface area contributed by atoms with Crippen molar-refractivity contribution in [1.82, 2.24) is 4.98 Å². The molecule has 2 heterocycles. The monoisotopic (exact) mass is 237 g/mol. The van der Waals surface area contributed by atoms with Crippen molar-refractivity contribution < 1.29 is 4.42 Å². The summed E-state index contributed by atoms with van der Waals surface area (Å²) in [4.78, 5) is 4.24. The minimum Gasteiger partial charge on any atom is -0.461 e. The Morgan fingerprint density at radius 2 is 2.25 bits per heavy atom. The third-order valence-corrected chi connectivity index (χ3v) is 2.93. The van der Waals surface area contributed by atoms with Crippen molar-refractivity contribution in [2.45, 2.75) is 32.6 Å². The summed E-state index contributed by atoms with van der Waals surface area (Å²) in [5.74, 6) is 2.16. The summed E-state index contributed by atoms with van der Waals surface area (Å²) < 4.78 is 5.76. The molecule has 0 aliphatic rings. The Morgan fingerprint density at radius 1 is 1.44 bits per heavy atom. The van der Waals surface area contributed by atoms with Crippen LogP contribution >= 0.6 is 11.6 Å². The van der Waals surface area contributed by atoms with Crippen LogP contribution in [0.15, 0.2) is 22.7 Å². The lowest BCUT2D eigenvalue weighted by atomic mass is 10.1. The molecule has 2 rings (SSSR count). The minimum atomic E-state index is 0.431. The van der Waals surface area contributed by atoms with Gasteiger partial charge in [0.15, 0.2) is 0 Å². The largest absolute Gasteiger partial charge is 0.461 e. The van der Waals surface area contributed by atoms with Gasteiger partial charge in [0.25, 0.3) is 0 Å². The topological polar surface area (TPSA) is 26.0 Å². The second kappa shape index (κ2) is 4.88. The number of furan rings is 1. The second-order valence-corrected chi connectivity index (χ2v) is 4.72. The van der Waals surface area contributed by atoms with Gasteiger partial charge < -0.3 is 4.42 Å². The lowest BCUT2D eigenvalue weighted by Gasteiger charge is -2.00. The first-order valence-corrected chi connectivity index (χ1v) is 6.16. The van der Waals surface area contributed by atoms with Crippen LogP contribution in [0.2, 0.25) is 0 Å². The molecule has 0 N–H and O–H groups in total. The summed E-state index contributed by atoms with van der Waals surface area (Å²) in [7, 11) is 0. The molecule has 3 heteroatoms. The van der Waals surface area contributed by atoms with Gasteiger partial charge in [-0.05, 0) is 24.5 Å². The van der Waals surface area contributed by atoms with Gasteiger partial charge in [-0.2, -0.15) is 0 Å². The molecule has 2 aromatic rings. The summed E-state index contributed by atoms with van der Waals surface area (Å²) in [5, 5.41) is 1.05. The van der Waals surface area contributed by atoms with Crippen LogP contribution in [0.1, 0.15) is 31.7 Å². The number of fused-ring (bicyclic) bond motifs is 1. The summed E-state index contributed by atoms with van der Waals surface area (Å²) in [6.07, 6.45) is 3.87. The lowest BCUT2D eigenvalue weighted by molar-refractivity contribution is 0.499. The molecule has 0 unspecified atom stereocenters. The van der Waals surface area contributed by atoms with E-state index in [0.29, 0.717) is 11.8 Å². The molecule has 0 bridgehead atoms. The summed E-state index contributed by atoms with van der Waals surface area (Å²) >= 11 is 5.84. The second-order valence-electron chi connectivity index (χ2n) is 4.45. The summed E-state index contributed by atoms with van der Waals surface area (Å²) in [6.45, 7) is 4.43. The van der Waals surface area contributed by atoms with E-state index in [-0.39, 0.29) is 0 Å². The maximum Gasteiger partial charge on any atom is 0.137 e. The number of nitrogens with zero attached hydrogens (tertiary/aromatic N) is 1. The fraction of sp³-hybridized carbons (Fsp3) is 0.462. The molecule has 86 valence electrons. The van der Waals surface area contributed by atoms with Gasteiger partial charge in [0, 0.05) is 18.0 Å². The zero-order valence-electron chi connectivity index (χ0n) is 9.66. The highest BCUT2D eigenvalue weighted by Crippen LogP contribution is 2.24. The van der Waals surface area contributed by atoms with Gasteiger partial charge in [-0.1, -0.05) is 13.8 Å². The van der Waals surface area contributed by atoms with E-state index in [0.717, 1.165) is 35.3 Å². The highest BCUT2D eigenvalue weighted by molar-refractivity contribution is 6.17. The fourth-order valence-electron chi connectivity index (χ4n) is 1.73. The third kappa shape index (κ3) is 2.38. The molecule has 2 nitrogen and oxygen atoms in total. The van der Waals surface area contributed by atoms with E-state index in [1.807, 2.05) is 6.07 Å². The Balaban J connectivity index is 2.29. The van der Waals surface area contributed by atoms with Gasteiger partial charge >= 0.3 is 0 Å². The van der Waals surface area contributed by atoms with Gasteiger partial charge in [0.1, 0.15) is 11.3 Å². The van der Waals surface area contributed by atoms with E-state index in [1.54, 1.807) is 6.20 Å². The Bertz CT molecular complexity index is 476. The van der Waals surface area contributed by atoms with Crippen molar-refractivity contribution >= 4 is 22.6 Å². The van der Waals surface area contributed by atoms with E-state index >= 15 is 0 Å². The number of halogens is 1. The number of aryl methyl sites for hydroxylation is 1. The Morgan fingerprint density at radius 3 is 2.94 bits per heavy atom. The van der Waals surface area contributed by atoms with Gasteiger partial charge in [-0.3, -0.25) is 4.98 Å². The Kier molecular flexibility index (Phi) is 3.49. The number of hydrogen-bond donors (Lipinski definition) is 0. The van der Waals surface area contributed by atoms with E-state index < -0.39 is 0 Å². The van der Waals surface area contributed by atoms with Crippen LogP contribution in [0.4, 0.5) is 0 Å². The first kappa shape index (κ1) is 11.5. The molecule has 0 saturated heterocycles. The van der Waals surface area contributed by atoms with E-state index in [1.165, 1.54) is 0 Å². The summed E-state index contributed by atoms with van der Waals surface area (Å²) in [5.41, 5.74) is 1.79.